The third-order valence-corrected chi connectivity index (χ3v) is 1.16. The summed E-state index contributed by atoms with van der Waals surface area (Å²) in [4.78, 5) is 9.54. The van der Waals surface area contributed by atoms with E-state index in [-0.39, 0.29) is 17.0 Å². The average Bonchev–Trinajstić information content (AvgIpc) is 1.59. The van der Waals surface area contributed by atoms with E-state index >= 15 is 0 Å². The molecule has 0 saturated carbocycles. The van der Waals surface area contributed by atoms with Gasteiger partial charge in [0, 0.05) is 16.9 Å². The Labute approximate surface area is 60.6 Å². The van der Waals surface area contributed by atoms with Crippen LogP contribution in [-0.4, -0.2) is 17.0 Å². The van der Waals surface area contributed by atoms with Gasteiger partial charge in [0.1, 0.15) is 0 Å². The van der Waals surface area contributed by atoms with E-state index in [4.69, 9.17) is 5.73 Å². The number of nitrogens with two attached hydrogens (primary N) is 1. The van der Waals surface area contributed by atoms with Crippen LogP contribution in [0.2, 0.25) is 0 Å². The predicted molar refractivity (Wildman–Crippen MR) is 39.4 cm³/mol. The Morgan fingerprint density at radius 2 is 2.10 bits per heavy atom. The lowest BCUT2D eigenvalue weighted by molar-refractivity contribution is -0.480. The molecule has 2 N–H and O–H groups in total. The van der Waals surface area contributed by atoms with Crippen LogP contribution in [-0.2, 0) is 0 Å². The molecule has 4 heteroatoms. The summed E-state index contributed by atoms with van der Waals surface area (Å²) in [7, 11) is 0. The molecule has 0 fully saturated rings. The van der Waals surface area contributed by atoms with Crippen LogP contribution >= 0.6 is 0 Å². The van der Waals surface area contributed by atoms with E-state index in [0.29, 0.717) is 12.8 Å². The Morgan fingerprint density at radius 1 is 1.60 bits per heavy atom. The van der Waals surface area contributed by atoms with Gasteiger partial charge < -0.3 is 5.73 Å². The van der Waals surface area contributed by atoms with Gasteiger partial charge in [-0.3, -0.25) is 10.1 Å². The Balaban J connectivity index is 3.29. The molecule has 0 aromatic carbocycles. The summed E-state index contributed by atoms with van der Waals surface area (Å²) in [5, 5.41) is 9.85. The first-order valence-electron chi connectivity index (χ1n) is 3.32. The van der Waals surface area contributed by atoms with Crippen molar-refractivity contribution in [1.29, 1.82) is 0 Å². The molecule has 0 unspecified atom stereocenters. The van der Waals surface area contributed by atoms with E-state index in [1.165, 1.54) is 0 Å². The molecule has 0 heterocycles. The van der Waals surface area contributed by atoms with E-state index in [1.54, 1.807) is 0 Å². The fraction of sp³-hybridized carbons (Fsp3) is 1.00. The highest BCUT2D eigenvalue weighted by atomic mass is 16.6. The van der Waals surface area contributed by atoms with Crippen molar-refractivity contribution in [1.82, 2.24) is 0 Å². The van der Waals surface area contributed by atoms with Crippen LogP contribution in [0.3, 0.4) is 0 Å². The second-order valence-corrected chi connectivity index (χ2v) is 3.15. The Bertz CT molecular complexity index is 117. The fourth-order valence-corrected chi connectivity index (χ4v) is 0.664. The van der Waals surface area contributed by atoms with Gasteiger partial charge in [0.15, 0.2) is 0 Å². The minimum atomic E-state index is -0.314. The van der Waals surface area contributed by atoms with Crippen LogP contribution < -0.4 is 5.73 Å². The maximum Gasteiger partial charge on any atom is 0.203 e. The highest BCUT2D eigenvalue weighted by molar-refractivity contribution is 4.70. The van der Waals surface area contributed by atoms with Gasteiger partial charge in [0.05, 0.1) is 0 Å². The number of hydrogen-bond donors (Lipinski definition) is 1. The predicted octanol–water partition coefficient (Wildman–Crippen LogP) is 0.781. The first-order chi connectivity index (χ1) is 4.42. The van der Waals surface area contributed by atoms with Crippen LogP contribution in [0.5, 0.6) is 0 Å². The normalized spacial score (nSPS) is 11.5. The molecular formula is C6H14N2O2. The second-order valence-electron chi connectivity index (χ2n) is 3.15. The van der Waals surface area contributed by atoms with Crippen LogP contribution in [0, 0.1) is 10.1 Å². The minimum Gasteiger partial charge on any atom is -0.326 e. The molecule has 0 aromatic heterocycles. The van der Waals surface area contributed by atoms with E-state index in [0.717, 1.165) is 0 Å². The number of hydrogen-bond acceptors (Lipinski definition) is 3. The van der Waals surface area contributed by atoms with Gasteiger partial charge in [-0.2, -0.15) is 0 Å². The van der Waals surface area contributed by atoms with Crippen LogP contribution in [0.15, 0.2) is 0 Å². The number of rotatable bonds is 4. The van der Waals surface area contributed by atoms with Crippen LogP contribution in [0.1, 0.15) is 26.7 Å². The zero-order valence-electron chi connectivity index (χ0n) is 6.46. The minimum absolute atomic E-state index is 0.0284. The van der Waals surface area contributed by atoms with Gasteiger partial charge in [-0.15, -0.1) is 0 Å². The Kier molecular flexibility index (Phi) is 3.28. The molecule has 0 aromatic rings. The monoisotopic (exact) mass is 146 g/mol. The average molecular weight is 146 g/mol. The van der Waals surface area contributed by atoms with Crippen molar-refractivity contribution in [2.24, 2.45) is 5.73 Å². The summed E-state index contributed by atoms with van der Waals surface area (Å²) >= 11 is 0. The first-order valence-corrected chi connectivity index (χ1v) is 3.32. The van der Waals surface area contributed by atoms with E-state index < -0.39 is 0 Å². The summed E-state index contributed by atoms with van der Waals surface area (Å²) < 4.78 is 0. The van der Waals surface area contributed by atoms with E-state index in [1.807, 2.05) is 13.8 Å². The van der Waals surface area contributed by atoms with Gasteiger partial charge in [0.25, 0.3) is 0 Å². The highest BCUT2D eigenvalue weighted by Crippen LogP contribution is 2.05. The molecule has 0 aliphatic rings. The van der Waals surface area contributed by atoms with Gasteiger partial charge in [0.2, 0.25) is 6.54 Å². The zero-order chi connectivity index (χ0) is 8.20. The smallest absolute Gasteiger partial charge is 0.203 e. The van der Waals surface area contributed by atoms with Crippen LogP contribution in [0.25, 0.3) is 0 Å². The molecular weight excluding hydrogens is 132 g/mol. The van der Waals surface area contributed by atoms with Crippen molar-refractivity contribution in [2.75, 3.05) is 6.54 Å². The summed E-state index contributed by atoms with van der Waals surface area (Å²) in [5.74, 6) is 0. The standard InChI is InChI=1S/C6H14N2O2/c1-6(2,7)4-3-5-8(9)10/h3-5,7H2,1-2H3. The topological polar surface area (TPSA) is 69.2 Å². The van der Waals surface area contributed by atoms with Crippen molar-refractivity contribution < 1.29 is 4.92 Å². The third-order valence-electron chi connectivity index (χ3n) is 1.16. The van der Waals surface area contributed by atoms with Gasteiger partial charge in [-0.1, -0.05) is 0 Å². The lowest BCUT2D eigenvalue weighted by Crippen LogP contribution is -2.32. The number of nitro groups is 1. The summed E-state index contributed by atoms with van der Waals surface area (Å²) in [5.41, 5.74) is 5.33. The molecule has 0 atom stereocenters. The number of nitrogens with zero attached hydrogens (tertiary/aromatic N) is 1. The zero-order valence-corrected chi connectivity index (χ0v) is 6.46. The highest BCUT2D eigenvalue weighted by Gasteiger charge is 2.11. The summed E-state index contributed by atoms with van der Waals surface area (Å²) in [6, 6.07) is 0. The molecule has 0 bridgehead atoms. The maximum absolute atomic E-state index is 9.85. The molecule has 0 amide bonds. The van der Waals surface area contributed by atoms with Crippen molar-refractivity contribution in [3.05, 3.63) is 10.1 Å². The molecule has 0 saturated heterocycles. The molecule has 4 nitrogen and oxygen atoms in total. The molecule has 0 aliphatic carbocycles. The summed E-state index contributed by atoms with van der Waals surface area (Å²) in [6.07, 6.45) is 1.27. The van der Waals surface area contributed by atoms with Gasteiger partial charge in [-0.05, 0) is 20.3 Å². The Morgan fingerprint density at radius 3 is 2.40 bits per heavy atom. The lowest BCUT2D eigenvalue weighted by atomic mass is 10.0. The van der Waals surface area contributed by atoms with Crippen molar-refractivity contribution in [2.45, 2.75) is 32.2 Å². The van der Waals surface area contributed by atoms with Crippen molar-refractivity contribution >= 4 is 0 Å². The quantitative estimate of drug-likeness (QED) is 0.470. The second kappa shape index (κ2) is 3.51. The fourth-order valence-electron chi connectivity index (χ4n) is 0.664. The first kappa shape index (κ1) is 9.36. The Hall–Kier alpha value is -0.640. The van der Waals surface area contributed by atoms with Crippen LogP contribution in [0.4, 0.5) is 0 Å². The van der Waals surface area contributed by atoms with Gasteiger partial charge in [-0.25, -0.2) is 0 Å². The van der Waals surface area contributed by atoms with E-state index in [9.17, 15) is 10.1 Å². The molecule has 60 valence electrons. The molecule has 10 heavy (non-hydrogen) atoms. The summed E-state index contributed by atoms with van der Waals surface area (Å²) in [6.45, 7) is 3.76. The van der Waals surface area contributed by atoms with Gasteiger partial charge >= 0.3 is 0 Å². The molecule has 0 radical (unpaired) electrons. The third kappa shape index (κ3) is 7.36. The molecule has 0 rings (SSSR count). The molecule has 0 aliphatic heterocycles. The molecule has 0 spiro atoms. The largest absolute Gasteiger partial charge is 0.326 e. The SMILES string of the molecule is CC(C)(N)CCC[N+](=O)[O-]. The van der Waals surface area contributed by atoms with Crippen molar-refractivity contribution in [3.63, 3.8) is 0 Å². The van der Waals surface area contributed by atoms with Crippen molar-refractivity contribution in [3.8, 4) is 0 Å². The maximum atomic E-state index is 9.85. The van der Waals surface area contributed by atoms with E-state index in [2.05, 4.69) is 0 Å². The lowest BCUT2D eigenvalue weighted by Gasteiger charge is -2.16.